The molecule has 0 spiro atoms. The molecular formula is C21H27FN6O3. The van der Waals surface area contributed by atoms with E-state index in [4.69, 9.17) is 0 Å². The summed E-state index contributed by atoms with van der Waals surface area (Å²) in [5.41, 5.74) is 1.23. The molecule has 0 bridgehead atoms. The molecule has 0 fully saturated rings. The highest BCUT2D eigenvalue weighted by Crippen LogP contribution is 2.17. The maximum atomic E-state index is 13.1. The summed E-state index contributed by atoms with van der Waals surface area (Å²) in [6.07, 6.45) is 0.678. The number of carbonyl (C=O) groups excluding carboxylic acids is 3. The van der Waals surface area contributed by atoms with Crippen LogP contribution in [-0.4, -0.2) is 77.6 Å². The Morgan fingerprint density at radius 2 is 1.90 bits per heavy atom. The average Bonchev–Trinajstić information content (AvgIpc) is 3.10. The molecule has 2 heterocycles. The van der Waals surface area contributed by atoms with Crippen molar-refractivity contribution in [2.24, 2.45) is 0 Å². The van der Waals surface area contributed by atoms with E-state index in [0.717, 1.165) is 5.56 Å². The number of aromatic nitrogens is 2. The summed E-state index contributed by atoms with van der Waals surface area (Å²) in [7, 11) is 3.80. The maximum absolute atomic E-state index is 13.1. The highest BCUT2D eigenvalue weighted by molar-refractivity contribution is 5.99. The average molecular weight is 430 g/mol. The monoisotopic (exact) mass is 430 g/mol. The number of rotatable bonds is 8. The molecule has 2 N–H and O–H groups in total. The Labute approximate surface area is 180 Å². The molecule has 31 heavy (non-hydrogen) atoms. The van der Waals surface area contributed by atoms with Crippen molar-refractivity contribution in [3.05, 3.63) is 53.1 Å². The zero-order chi connectivity index (χ0) is 22.4. The third-order valence-corrected chi connectivity index (χ3v) is 4.89. The molecule has 1 aliphatic rings. The van der Waals surface area contributed by atoms with Crippen LogP contribution in [0.15, 0.2) is 30.3 Å². The van der Waals surface area contributed by atoms with Crippen LogP contribution in [0, 0.1) is 5.82 Å². The number of nitrogens with one attached hydrogen (secondary N) is 2. The van der Waals surface area contributed by atoms with E-state index in [-0.39, 0.29) is 29.9 Å². The fourth-order valence-electron chi connectivity index (χ4n) is 3.24. The first kappa shape index (κ1) is 22.4. The zero-order valence-electron chi connectivity index (χ0n) is 17.7. The molecule has 0 unspecified atom stereocenters. The summed E-state index contributed by atoms with van der Waals surface area (Å²) < 4.78 is 14.7. The van der Waals surface area contributed by atoms with Crippen molar-refractivity contribution >= 4 is 17.7 Å². The maximum Gasteiger partial charge on any atom is 0.272 e. The second kappa shape index (κ2) is 10.2. The first-order chi connectivity index (χ1) is 14.8. The molecule has 1 aromatic heterocycles. The van der Waals surface area contributed by atoms with Crippen molar-refractivity contribution < 1.29 is 18.8 Å². The SMILES string of the molecule is CN(C)CCNC(=O)CNC(=O)c1cc2n(n1)CCCN(Cc1ccc(F)cc1)C2=O. The first-order valence-electron chi connectivity index (χ1n) is 10.1. The molecule has 166 valence electrons. The van der Waals surface area contributed by atoms with E-state index in [2.05, 4.69) is 15.7 Å². The molecule has 1 aliphatic heterocycles. The van der Waals surface area contributed by atoms with Gasteiger partial charge in [0.15, 0.2) is 5.69 Å². The molecule has 10 heteroatoms. The largest absolute Gasteiger partial charge is 0.353 e. The highest BCUT2D eigenvalue weighted by atomic mass is 19.1. The van der Waals surface area contributed by atoms with Crippen molar-refractivity contribution in [2.75, 3.05) is 40.3 Å². The summed E-state index contributed by atoms with van der Waals surface area (Å²) in [5.74, 6) is -1.38. The molecule has 0 radical (unpaired) electrons. The van der Waals surface area contributed by atoms with Crippen LogP contribution in [0.1, 0.15) is 33.0 Å². The number of hydrogen-bond donors (Lipinski definition) is 2. The van der Waals surface area contributed by atoms with Crippen molar-refractivity contribution in [3.63, 3.8) is 0 Å². The molecule has 9 nitrogen and oxygen atoms in total. The predicted molar refractivity (Wildman–Crippen MR) is 112 cm³/mol. The Hall–Kier alpha value is -3.27. The number of fused-ring (bicyclic) bond motifs is 1. The Morgan fingerprint density at radius 1 is 1.16 bits per heavy atom. The van der Waals surface area contributed by atoms with Crippen molar-refractivity contribution in [2.45, 2.75) is 19.5 Å². The van der Waals surface area contributed by atoms with E-state index >= 15 is 0 Å². The number of nitrogens with zero attached hydrogens (tertiary/aromatic N) is 4. The fraction of sp³-hybridized carbons (Fsp3) is 0.429. The van der Waals surface area contributed by atoms with Crippen LogP contribution >= 0.6 is 0 Å². The van der Waals surface area contributed by atoms with Crippen LogP contribution in [0.25, 0.3) is 0 Å². The van der Waals surface area contributed by atoms with E-state index in [1.807, 2.05) is 19.0 Å². The van der Waals surface area contributed by atoms with Gasteiger partial charge in [-0.1, -0.05) is 12.1 Å². The first-order valence-corrected chi connectivity index (χ1v) is 10.1. The van der Waals surface area contributed by atoms with Gasteiger partial charge in [0.25, 0.3) is 11.8 Å². The third kappa shape index (κ3) is 6.11. The summed E-state index contributed by atoms with van der Waals surface area (Å²) in [6, 6.07) is 7.47. The fourth-order valence-corrected chi connectivity index (χ4v) is 3.24. The van der Waals surface area contributed by atoms with Crippen molar-refractivity contribution in [3.8, 4) is 0 Å². The van der Waals surface area contributed by atoms with Crippen LogP contribution in [0.5, 0.6) is 0 Å². The molecule has 1 aromatic carbocycles. The van der Waals surface area contributed by atoms with Gasteiger partial charge in [-0.25, -0.2) is 4.39 Å². The number of halogens is 1. The normalized spacial score (nSPS) is 13.7. The Morgan fingerprint density at radius 3 is 2.61 bits per heavy atom. The van der Waals surface area contributed by atoms with E-state index in [0.29, 0.717) is 44.8 Å². The topological polar surface area (TPSA) is 99.6 Å². The number of hydrogen-bond acceptors (Lipinski definition) is 5. The summed E-state index contributed by atoms with van der Waals surface area (Å²) in [6.45, 7) is 2.40. The molecule has 0 saturated heterocycles. The van der Waals surface area contributed by atoms with Gasteiger partial charge < -0.3 is 20.4 Å². The van der Waals surface area contributed by atoms with Crippen LogP contribution in [0.2, 0.25) is 0 Å². The van der Waals surface area contributed by atoms with Crippen molar-refractivity contribution in [1.82, 2.24) is 30.2 Å². The van der Waals surface area contributed by atoms with Gasteiger partial charge in [0.1, 0.15) is 11.5 Å². The summed E-state index contributed by atoms with van der Waals surface area (Å²) in [4.78, 5) is 40.8. The smallest absolute Gasteiger partial charge is 0.272 e. The Bertz CT molecular complexity index is 941. The molecular weight excluding hydrogens is 403 g/mol. The van der Waals surface area contributed by atoms with E-state index in [1.165, 1.54) is 22.9 Å². The number of aryl methyl sites for hydroxylation is 1. The van der Waals surface area contributed by atoms with Crippen LogP contribution in [0.3, 0.4) is 0 Å². The zero-order valence-corrected chi connectivity index (χ0v) is 17.7. The van der Waals surface area contributed by atoms with Gasteiger partial charge in [0.2, 0.25) is 5.91 Å². The van der Waals surface area contributed by atoms with Crippen LogP contribution in [-0.2, 0) is 17.9 Å². The Kier molecular flexibility index (Phi) is 7.35. The molecule has 3 rings (SSSR count). The highest BCUT2D eigenvalue weighted by Gasteiger charge is 2.26. The number of likely N-dealkylation sites (N-methyl/N-ethyl adjacent to an activating group) is 1. The lowest BCUT2D eigenvalue weighted by molar-refractivity contribution is -0.120. The molecule has 2 aromatic rings. The van der Waals surface area contributed by atoms with E-state index in [1.54, 1.807) is 17.0 Å². The molecule has 3 amide bonds. The third-order valence-electron chi connectivity index (χ3n) is 4.89. The lowest BCUT2D eigenvalue weighted by Gasteiger charge is -2.20. The van der Waals surface area contributed by atoms with E-state index < -0.39 is 5.91 Å². The van der Waals surface area contributed by atoms with E-state index in [9.17, 15) is 18.8 Å². The molecule has 0 saturated carbocycles. The van der Waals surface area contributed by atoms with Gasteiger partial charge in [-0.3, -0.25) is 19.1 Å². The van der Waals surface area contributed by atoms with Gasteiger partial charge in [0.05, 0.1) is 6.54 Å². The lowest BCUT2D eigenvalue weighted by Crippen LogP contribution is -2.39. The van der Waals surface area contributed by atoms with Crippen molar-refractivity contribution in [1.29, 1.82) is 0 Å². The van der Waals surface area contributed by atoms with Gasteiger partial charge in [0, 0.05) is 38.8 Å². The van der Waals surface area contributed by atoms with Crippen LogP contribution in [0.4, 0.5) is 4.39 Å². The number of benzene rings is 1. The number of amides is 3. The standard InChI is InChI=1S/C21H27FN6O3/c1-26(2)11-8-23-19(29)13-24-20(30)17-12-18-21(31)27(9-3-10-28(18)25-17)14-15-4-6-16(22)7-5-15/h4-7,12H,3,8-11,13-14H2,1-2H3,(H,23,29)(H,24,30). The predicted octanol–water partition coefficient (Wildman–Crippen LogP) is 0.476. The second-order valence-corrected chi connectivity index (χ2v) is 7.68. The summed E-state index contributed by atoms with van der Waals surface area (Å²) in [5, 5.41) is 9.49. The minimum atomic E-state index is -0.513. The summed E-state index contributed by atoms with van der Waals surface area (Å²) >= 11 is 0. The second-order valence-electron chi connectivity index (χ2n) is 7.68. The molecule has 0 atom stereocenters. The Balaban J connectivity index is 1.60. The quantitative estimate of drug-likeness (QED) is 0.635. The lowest BCUT2D eigenvalue weighted by atomic mass is 10.2. The molecule has 0 aliphatic carbocycles. The minimum Gasteiger partial charge on any atom is -0.353 e. The van der Waals surface area contributed by atoms with Gasteiger partial charge >= 0.3 is 0 Å². The van der Waals surface area contributed by atoms with Crippen LogP contribution < -0.4 is 10.6 Å². The van der Waals surface area contributed by atoms with Gasteiger partial charge in [-0.2, -0.15) is 5.10 Å². The minimum absolute atomic E-state index is 0.0908. The van der Waals surface area contributed by atoms with Gasteiger partial charge in [-0.05, 0) is 38.2 Å². The van der Waals surface area contributed by atoms with Gasteiger partial charge in [-0.15, -0.1) is 0 Å². The number of carbonyl (C=O) groups is 3.